The standard InChI is InChI=1S/C29H32N6O4/c1-19-15-20(2)26(31-16-19)32-11-13-33(14-12-32)28(37)23-7-10-25(30-17-23)35-21(3)27(36)34(29(35)38)18-22-5-8-24(39-4)9-6-22/h5-10,15-17,21H,11-14,18H2,1-4H3. The van der Waals surface area contributed by atoms with Crippen LogP contribution in [-0.4, -0.2) is 76.9 Å². The molecule has 1 aromatic carbocycles. The highest BCUT2D eigenvalue weighted by Crippen LogP contribution is 2.27. The first-order valence-corrected chi connectivity index (χ1v) is 13.0. The Balaban J connectivity index is 1.23. The predicted octanol–water partition coefficient (Wildman–Crippen LogP) is 3.42. The Bertz CT molecular complexity index is 1380. The quantitative estimate of drug-likeness (QED) is 0.452. The summed E-state index contributed by atoms with van der Waals surface area (Å²) < 4.78 is 5.17. The molecule has 5 rings (SSSR count). The Kier molecular flexibility index (Phi) is 7.19. The molecule has 2 saturated heterocycles. The molecule has 4 heterocycles. The summed E-state index contributed by atoms with van der Waals surface area (Å²) in [5, 5.41) is 0. The van der Waals surface area contributed by atoms with Crippen LogP contribution < -0.4 is 14.5 Å². The molecular weight excluding hydrogens is 496 g/mol. The van der Waals surface area contributed by atoms with Crippen molar-refractivity contribution in [3.63, 3.8) is 0 Å². The number of piperazine rings is 1. The van der Waals surface area contributed by atoms with Crippen LogP contribution in [0, 0.1) is 13.8 Å². The van der Waals surface area contributed by atoms with E-state index in [-0.39, 0.29) is 18.4 Å². The number of methoxy groups -OCH3 is 1. The van der Waals surface area contributed by atoms with Crippen molar-refractivity contribution in [1.82, 2.24) is 19.8 Å². The Labute approximate surface area is 227 Å². The summed E-state index contributed by atoms with van der Waals surface area (Å²) in [5.41, 5.74) is 3.51. The van der Waals surface area contributed by atoms with Gasteiger partial charge < -0.3 is 14.5 Å². The highest BCUT2D eigenvalue weighted by atomic mass is 16.5. The molecule has 2 aliphatic rings. The van der Waals surface area contributed by atoms with E-state index in [9.17, 15) is 14.4 Å². The van der Waals surface area contributed by atoms with Gasteiger partial charge in [0.15, 0.2) is 0 Å². The van der Waals surface area contributed by atoms with Crippen molar-refractivity contribution in [2.24, 2.45) is 0 Å². The minimum atomic E-state index is -0.697. The summed E-state index contributed by atoms with van der Waals surface area (Å²) in [6.07, 6.45) is 3.34. The third kappa shape index (κ3) is 5.14. The molecule has 0 saturated carbocycles. The fourth-order valence-electron chi connectivity index (χ4n) is 5.08. The zero-order valence-corrected chi connectivity index (χ0v) is 22.6. The maximum absolute atomic E-state index is 13.2. The second-order valence-electron chi connectivity index (χ2n) is 9.94. The number of aryl methyl sites for hydroxylation is 2. The van der Waals surface area contributed by atoms with Gasteiger partial charge in [-0.25, -0.2) is 14.8 Å². The number of ether oxygens (including phenoxy) is 1. The van der Waals surface area contributed by atoms with Gasteiger partial charge in [0, 0.05) is 38.6 Å². The second kappa shape index (κ2) is 10.7. The van der Waals surface area contributed by atoms with Gasteiger partial charge in [-0.3, -0.25) is 19.4 Å². The maximum Gasteiger partial charge on any atom is 0.333 e. The van der Waals surface area contributed by atoms with E-state index in [0.717, 1.165) is 22.5 Å². The van der Waals surface area contributed by atoms with Crippen molar-refractivity contribution in [2.75, 3.05) is 43.1 Å². The van der Waals surface area contributed by atoms with Crippen LogP contribution >= 0.6 is 0 Å². The lowest BCUT2D eigenvalue weighted by Crippen LogP contribution is -2.49. The summed E-state index contributed by atoms with van der Waals surface area (Å²) >= 11 is 0. The number of pyridine rings is 2. The highest BCUT2D eigenvalue weighted by Gasteiger charge is 2.44. The predicted molar refractivity (Wildman–Crippen MR) is 147 cm³/mol. The lowest BCUT2D eigenvalue weighted by atomic mass is 10.2. The zero-order valence-electron chi connectivity index (χ0n) is 22.6. The summed E-state index contributed by atoms with van der Waals surface area (Å²) in [5.74, 6) is 1.58. The van der Waals surface area contributed by atoms with Gasteiger partial charge >= 0.3 is 6.03 Å². The number of imide groups is 1. The fraction of sp³-hybridized carbons (Fsp3) is 0.345. The van der Waals surface area contributed by atoms with Crippen molar-refractivity contribution in [1.29, 1.82) is 0 Å². The molecule has 10 heteroatoms. The molecule has 1 unspecified atom stereocenters. The SMILES string of the molecule is COc1ccc(CN2C(=O)C(C)N(c3ccc(C(=O)N4CCN(c5ncc(C)cc5C)CC4)cn3)C2=O)cc1. The van der Waals surface area contributed by atoms with Gasteiger partial charge in [-0.2, -0.15) is 0 Å². The first kappa shape index (κ1) is 26.1. The van der Waals surface area contributed by atoms with Gasteiger partial charge in [0.05, 0.1) is 19.2 Å². The molecule has 3 aromatic rings. The minimum Gasteiger partial charge on any atom is -0.497 e. The number of rotatable bonds is 6. The molecule has 1 atom stereocenters. The molecule has 10 nitrogen and oxygen atoms in total. The van der Waals surface area contributed by atoms with E-state index >= 15 is 0 Å². The molecule has 0 N–H and O–H groups in total. The molecule has 0 aliphatic carbocycles. The topological polar surface area (TPSA) is 99.2 Å². The molecule has 0 bridgehead atoms. The second-order valence-corrected chi connectivity index (χ2v) is 9.94. The van der Waals surface area contributed by atoms with Crippen LogP contribution in [-0.2, 0) is 11.3 Å². The number of carbonyl (C=O) groups is 3. The number of anilines is 2. The van der Waals surface area contributed by atoms with Crippen molar-refractivity contribution in [3.8, 4) is 5.75 Å². The van der Waals surface area contributed by atoms with Crippen molar-refractivity contribution < 1.29 is 19.1 Å². The van der Waals surface area contributed by atoms with Crippen LogP contribution in [0.4, 0.5) is 16.4 Å². The lowest BCUT2D eigenvalue weighted by molar-refractivity contribution is -0.127. The summed E-state index contributed by atoms with van der Waals surface area (Å²) in [6, 6.07) is 11.5. The number of benzene rings is 1. The van der Waals surface area contributed by atoms with Gasteiger partial charge in [0.2, 0.25) is 0 Å². The molecular formula is C29H32N6O4. The number of hydrogen-bond acceptors (Lipinski definition) is 7. The van der Waals surface area contributed by atoms with Crippen molar-refractivity contribution in [3.05, 3.63) is 77.1 Å². The molecule has 4 amide bonds. The average molecular weight is 529 g/mol. The molecule has 2 aliphatic heterocycles. The number of urea groups is 1. The first-order chi connectivity index (χ1) is 18.8. The average Bonchev–Trinajstić information content (AvgIpc) is 3.16. The van der Waals surface area contributed by atoms with E-state index in [1.807, 2.05) is 25.3 Å². The molecule has 39 heavy (non-hydrogen) atoms. The molecule has 0 radical (unpaired) electrons. The van der Waals surface area contributed by atoms with Gasteiger partial charge in [0.25, 0.3) is 11.8 Å². The van der Waals surface area contributed by atoms with E-state index in [1.165, 1.54) is 16.0 Å². The monoisotopic (exact) mass is 528 g/mol. The minimum absolute atomic E-state index is 0.111. The fourth-order valence-corrected chi connectivity index (χ4v) is 5.08. The highest BCUT2D eigenvalue weighted by molar-refractivity contribution is 6.13. The number of aromatic nitrogens is 2. The number of amides is 4. The lowest BCUT2D eigenvalue weighted by Gasteiger charge is -2.36. The zero-order chi connectivity index (χ0) is 27.7. The van der Waals surface area contributed by atoms with Crippen LogP contribution in [0.25, 0.3) is 0 Å². The molecule has 202 valence electrons. The third-order valence-corrected chi connectivity index (χ3v) is 7.24. The number of hydrogen-bond donors (Lipinski definition) is 0. The van der Waals surface area contributed by atoms with E-state index in [0.29, 0.717) is 43.3 Å². The normalized spacial score (nSPS) is 17.7. The van der Waals surface area contributed by atoms with Crippen LogP contribution in [0.3, 0.4) is 0 Å². The van der Waals surface area contributed by atoms with Gasteiger partial charge in [-0.05, 0) is 61.7 Å². The first-order valence-electron chi connectivity index (χ1n) is 13.0. The summed E-state index contributed by atoms with van der Waals surface area (Å²) in [4.78, 5) is 54.9. The van der Waals surface area contributed by atoms with Gasteiger partial charge in [-0.15, -0.1) is 0 Å². The molecule has 0 spiro atoms. The third-order valence-electron chi connectivity index (χ3n) is 7.24. The number of nitrogens with zero attached hydrogens (tertiary/aromatic N) is 6. The van der Waals surface area contributed by atoms with Gasteiger partial charge in [0.1, 0.15) is 23.4 Å². The Hall–Kier alpha value is -4.47. The van der Waals surface area contributed by atoms with Crippen LogP contribution in [0.15, 0.2) is 54.9 Å². The molecule has 2 aromatic heterocycles. The van der Waals surface area contributed by atoms with Crippen LogP contribution in [0.5, 0.6) is 5.75 Å². The Morgan fingerprint density at radius 2 is 1.69 bits per heavy atom. The van der Waals surface area contributed by atoms with E-state index < -0.39 is 12.1 Å². The van der Waals surface area contributed by atoms with Crippen LogP contribution in [0.2, 0.25) is 0 Å². The smallest absolute Gasteiger partial charge is 0.333 e. The van der Waals surface area contributed by atoms with E-state index in [1.54, 1.807) is 43.2 Å². The van der Waals surface area contributed by atoms with Crippen LogP contribution in [0.1, 0.15) is 34.0 Å². The summed E-state index contributed by atoms with van der Waals surface area (Å²) in [7, 11) is 1.58. The maximum atomic E-state index is 13.2. The number of carbonyl (C=O) groups excluding carboxylic acids is 3. The van der Waals surface area contributed by atoms with Crippen molar-refractivity contribution in [2.45, 2.75) is 33.4 Å². The molecule has 2 fully saturated rings. The Morgan fingerprint density at radius 3 is 2.31 bits per heavy atom. The van der Waals surface area contributed by atoms with E-state index in [2.05, 4.69) is 27.9 Å². The van der Waals surface area contributed by atoms with Gasteiger partial charge in [-0.1, -0.05) is 18.2 Å². The van der Waals surface area contributed by atoms with E-state index in [4.69, 9.17) is 4.74 Å². The summed E-state index contributed by atoms with van der Waals surface area (Å²) in [6.45, 7) is 8.45. The van der Waals surface area contributed by atoms with Crippen molar-refractivity contribution >= 4 is 29.5 Å². The Morgan fingerprint density at radius 1 is 0.974 bits per heavy atom. The largest absolute Gasteiger partial charge is 0.497 e.